The number of rotatable bonds is 4. The summed E-state index contributed by atoms with van der Waals surface area (Å²) in [6, 6.07) is 5.83. The van der Waals surface area contributed by atoms with Crippen molar-refractivity contribution in [2.45, 2.75) is 33.2 Å². The second-order valence-electron chi connectivity index (χ2n) is 6.48. The van der Waals surface area contributed by atoms with Crippen LogP contribution in [0.25, 0.3) is 10.9 Å². The van der Waals surface area contributed by atoms with E-state index in [0.29, 0.717) is 11.3 Å². The van der Waals surface area contributed by atoms with Crippen molar-refractivity contribution in [2.75, 3.05) is 19.7 Å². The molecule has 128 valence electrons. The van der Waals surface area contributed by atoms with Crippen molar-refractivity contribution >= 4 is 16.9 Å². The van der Waals surface area contributed by atoms with E-state index in [2.05, 4.69) is 5.32 Å². The Bertz CT molecular complexity index is 804. The van der Waals surface area contributed by atoms with Crippen molar-refractivity contribution in [3.8, 4) is 0 Å². The van der Waals surface area contributed by atoms with Crippen molar-refractivity contribution in [1.82, 2.24) is 9.88 Å². The van der Waals surface area contributed by atoms with E-state index in [0.717, 1.165) is 43.6 Å². The number of aryl methyl sites for hydroxylation is 1. The fourth-order valence-corrected chi connectivity index (χ4v) is 3.37. The van der Waals surface area contributed by atoms with E-state index >= 15 is 0 Å². The molecule has 0 saturated carbocycles. The normalized spacial score (nSPS) is 17.8. The molecule has 24 heavy (non-hydrogen) atoms. The molecule has 0 unspecified atom stereocenters. The van der Waals surface area contributed by atoms with E-state index in [4.69, 9.17) is 4.74 Å². The minimum Gasteiger partial charge on any atom is -0.462 e. The van der Waals surface area contributed by atoms with Gasteiger partial charge in [0.25, 0.3) is 0 Å². The van der Waals surface area contributed by atoms with Crippen LogP contribution in [0.5, 0.6) is 0 Å². The number of piperidine rings is 1. The predicted octanol–water partition coefficient (Wildman–Crippen LogP) is 2.49. The first-order valence-electron chi connectivity index (χ1n) is 8.61. The summed E-state index contributed by atoms with van der Waals surface area (Å²) in [4.78, 5) is 24.9. The number of nitrogens with zero attached hydrogens (tertiary/aromatic N) is 1. The van der Waals surface area contributed by atoms with E-state index in [1.165, 1.54) is 0 Å². The van der Waals surface area contributed by atoms with Gasteiger partial charge in [-0.2, -0.15) is 0 Å². The Hall–Kier alpha value is -2.14. The van der Waals surface area contributed by atoms with Crippen molar-refractivity contribution < 1.29 is 9.53 Å². The Kier molecular flexibility index (Phi) is 5.00. The van der Waals surface area contributed by atoms with Gasteiger partial charge in [0.2, 0.25) is 5.43 Å². The molecule has 1 aliphatic rings. The molecule has 5 nitrogen and oxygen atoms in total. The maximum atomic E-state index is 12.7. The van der Waals surface area contributed by atoms with Gasteiger partial charge in [-0.25, -0.2) is 4.79 Å². The highest BCUT2D eigenvalue weighted by atomic mass is 16.5. The largest absolute Gasteiger partial charge is 0.462 e. The van der Waals surface area contributed by atoms with Crippen LogP contribution >= 0.6 is 0 Å². The number of ether oxygens (including phenoxy) is 1. The Morgan fingerprint density at radius 1 is 1.42 bits per heavy atom. The summed E-state index contributed by atoms with van der Waals surface area (Å²) in [5, 5.41) is 4.00. The summed E-state index contributed by atoms with van der Waals surface area (Å²) in [7, 11) is 0. The van der Waals surface area contributed by atoms with Crippen LogP contribution in [0.2, 0.25) is 0 Å². The molecular weight excluding hydrogens is 304 g/mol. The van der Waals surface area contributed by atoms with Gasteiger partial charge in [-0.1, -0.05) is 11.6 Å². The maximum absolute atomic E-state index is 12.7. The van der Waals surface area contributed by atoms with E-state index in [1.54, 1.807) is 13.1 Å². The minimum absolute atomic E-state index is 0.124. The molecule has 0 radical (unpaired) electrons. The van der Waals surface area contributed by atoms with Gasteiger partial charge in [0.1, 0.15) is 5.56 Å². The highest BCUT2D eigenvalue weighted by Crippen LogP contribution is 2.19. The monoisotopic (exact) mass is 328 g/mol. The molecule has 0 bridgehead atoms. The van der Waals surface area contributed by atoms with Gasteiger partial charge in [-0.15, -0.1) is 0 Å². The molecule has 1 aliphatic heterocycles. The molecule has 1 atom stereocenters. The maximum Gasteiger partial charge on any atom is 0.343 e. The number of hydrogen-bond donors (Lipinski definition) is 1. The number of aromatic nitrogens is 1. The van der Waals surface area contributed by atoms with Gasteiger partial charge in [0.05, 0.1) is 12.1 Å². The molecule has 1 aromatic heterocycles. The molecule has 2 aromatic rings. The van der Waals surface area contributed by atoms with Gasteiger partial charge >= 0.3 is 5.97 Å². The highest BCUT2D eigenvalue weighted by molar-refractivity contribution is 5.93. The molecule has 2 heterocycles. The highest BCUT2D eigenvalue weighted by Gasteiger charge is 2.19. The van der Waals surface area contributed by atoms with Crippen molar-refractivity contribution in [1.29, 1.82) is 0 Å². The molecule has 1 fully saturated rings. The lowest BCUT2D eigenvalue weighted by Crippen LogP contribution is -2.32. The van der Waals surface area contributed by atoms with Crippen LogP contribution in [0, 0.1) is 12.8 Å². The zero-order chi connectivity index (χ0) is 17.1. The zero-order valence-electron chi connectivity index (χ0n) is 14.3. The van der Waals surface area contributed by atoms with Crippen LogP contribution < -0.4 is 10.7 Å². The Labute approximate surface area is 141 Å². The third-order valence-corrected chi connectivity index (χ3v) is 4.58. The average Bonchev–Trinajstić information content (AvgIpc) is 2.58. The number of nitrogens with one attached hydrogen (secondary N) is 1. The molecule has 1 saturated heterocycles. The molecule has 1 aromatic carbocycles. The van der Waals surface area contributed by atoms with E-state index in [1.807, 2.05) is 29.7 Å². The Morgan fingerprint density at radius 2 is 2.25 bits per heavy atom. The number of esters is 1. The number of fused-ring (bicyclic) bond motifs is 1. The first kappa shape index (κ1) is 16.7. The number of hydrogen-bond acceptors (Lipinski definition) is 4. The van der Waals surface area contributed by atoms with Gasteiger partial charge in [-0.3, -0.25) is 4.79 Å². The van der Waals surface area contributed by atoms with Gasteiger partial charge < -0.3 is 14.6 Å². The number of carbonyl (C=O) groups excluding carboxylic acids is 1. The van der Waals surface area contributed by atoms with Crippen LogP contribution in [-0.2, 0) is 11.3 Å². The average molecular weight is 328 g/mol. The topological polar surface area (TPSA) is 60.3 Å². The van der Waals surface area contributed by atoms with Crippen LogP contribution in [0.3, 0.4) is 0 Å². The lowest BCUT2D eigenvalue weighted by atomic mass is 9.99. The van der Waals surface area contributed by atoms with Crippen molar-refractivity contribution in [3.05, 3.63) is 45.7 Å². The number of pyridine rings is 1. The van der Waals surface area contributed by atoms with E-state index in [9.17, 15) is 9.59 Å². The van der Waals surface area contributed by atoms with Crippen molar-refractivity contribution in [3.63, 3.8) is 0 Å². The third kappa shape index (κ3) is 3.36. The SMILES string of the molecule is CCOC(=O)c1cn(C[C@@H]2CCCNC2)c2ccc(C)cc2c1=O. The van der Waals surface area contributed by atoms with Crippen molar-refractivity contribution in [2.24, 2.45) is 5.92 Å². The third-order valence-electron chi connectivity index (χ3n) is 4.58. The first-order valence-corrected chi connectivity index (χ1v) is 8.61. The van der Waals surface area contributed by atoms with Crippen LogP contribution in [-0.4, -0.2) is 30.2 Å². The second-order valence-corrected chi connectivity index (χ2v) is 6.48. The summed E-state index contributed by atoms with van der Waals surface area (Å²) < 4.78 is 7.11. The van der Waals surface area contributed by atoms with Gasteiger partial charge in [-0.05, 0) is 57.8 Å². The minimum atomic E-state index is -0.540. The lowest BCUT2D eigenvalue weighted by Gasteiger charge is -2.25. The molecular formula is C19H24N2O3. The number of carbonyl (C=O) groups is 1. The summed E-state index contributed by atoms with van der Waals surface area (Å²) >= 11 is 0. The predicted molar refractivity (Wildman–Crippen MR) is 94.5 cm³/mol. The standard InChI is InChI=1S/C19H24N2O3/c1-3-24-19(23)16-12-21(11-14-5-4-8-20-10-14)17-7-6-13(2)9-15(17)18(16)22/h6-7,9,12,14,20H,3-5,8,10-11H2,1-2H3/t14-/m1/s1. The molecule has 5 heteroatoms. The first-order chi connectivity index (χ1) is 11.6. The molecule has 0 aliphatic carbocycles. The molecule has 0 spiro atoms. The molecule has 1 N–H and O–H groups in total. The fourth-order valence-electron chi connectivity index (χ4n) is 3.37. The van der Waals surface area contributed by atoms with Gasteiger partial charge in [0, 0.05) is 18.1 Å². The summed E-state index contributed by atoms with van der Waals surface area (Å²) in [6.07, 6.45) is 3.99. The number of benzene rings is 1. The smallest absolute Gasteiger partial charge is 0.343 e. The van der Waals surface area contributed by atoms with Crippen LogP contribution in [0.15, 0.2) is 29.2 Å². The summed E-state index contributed by atoms with van der Waals surface area (Å²) in [5.41, 5.74) is 1.76. The molecule has 3 rings (SSSR count). The van der Waals surface area contributed by atoms with Crippen LogP contribution in [0.1, 0.15) is 35.7 Å². The second kappa shape index (κ2) is 7.18. The van der Waals surface area contributed by atoms with E-state index in [-0.39, 0.29) is 17.6 Å². The quantitative estimate of drug-likeness (QED) is 0.876. The van der Waals surface area contributed by atoms with Crippen LogP contribution in [0.4, 0.5) is 0 Å². The fraction of sp³-hybridized carbons (Fsp3) is 0.474. The van der Waals surface area contributed by atoms with E-state index < -0.39 is 5.97 Å². The Balaban J connectivity index is 2.09. The zero-order valence-corrected chi connectivity index (χ0v) is 14.3. The lowest BCUT2D eigenvalue weighted by molar-refractivity contribution is 0.0524. The Morgan fingerprint density at radius 3 is 2.96 bits per heavy atom. The molecule has 0 amide bonds. The summed E-state index contributed by atoms with van der Waals surface area (Å²) in [6.45, 7) is 6.78. The summed E-state index contributed by atoms with van der Waals surface area (Å²) in [5.74, 6) is -0.0396. The van der Waals surface area contributed by atoms with Gasteiger partial charge in [0.15, 0.2) is 0 Å².